The van der Waals surface area contributed by atoms with Crippen LogP contribution in [-0.4, -0.2) is 19.7 Å². The molecule has 16 heavy (non-hydrogen) atoms. The first-order valence-electron chi connectivity index (χ1n) is 5.61. The monoisotopic (exact) mass is 281 g/mol. The highest BCUT2D eigenvalue weighted by atomic mass is 79.9. The van der Waals surface area contributed by atoms with Crippen molar-refractivity contribution >= 4 is 15.9 Å². The van der Waals surface area contributed by atoms with Gasteiger partial charge in [0.1, 0.15) is 5.75 Å². The Morgan fingerprint density at radius 3 is 2.75 bits per heavy atom. The highest BCUT2D eigenvalue weighted by molar-refractivity contribution is 9.10. The number of halogens is 1. The lowest BCUT2D eigenvalue weighted by molar-refractivity contribution is 0.319. The summed E-state index contributed by atoms with van der Waals surface area (Å²) in [7, 11) is 0. The van der Waals surface area contributed by atoms with Crippen molar-refractivity contribution in [2.75, 3.05) is 19.7 Å². The standard InChI is InChI=1S/C13H16BrNO/c14-12-1-3-13(4-2-12)16-10-7-11-5-8-15-9-6-11/h1-5,15H,6-10H2. The van der Waals surface area contributed by atoms with Crippen LogP contribution >= 0.6 is 15.9 Å². The van der Waals surface area contributed by atoms with Crippen molar-refractivity contribution < 1.29 is 4.74 Å². The average Bonchev–Trinajstić information content (AvgIpc) is 2.33. The predicted molar refractivity (Wildman–Crippen MR) is 69.8 cm³/mol. The maximum absolute atomic E-state index is 5.68. The van der Waals surface area contributed by atoms with Crippen LogP contribution in [0.5, 0.6) is 5.75 Å². The van der Waals surface area contributed by atoms with Crippen LogP contribution < -0.4 is 10.1 Å². The van der Waals surface area contributed by atoms with Crippen molar-refractivity contribution in [3.63, 3.8) is 0 Å². The van der Waals surface area contributed by atoms with Crippen LogP contribution in [0, 0.1) is 0 Å². The van der Waals surface area contributed by atoms with Crippen molar-refractivity contribution in [2.45, 2.75) is 12.8 Å². The lowest BCUT2D eigenvalue weighted by atomic mass is 10.1. The van der Waals surface area contributed by atoms with E-state index in [9.17, 15) is 0 Å². The van der Waals surface area contributed by atoms with Crippen LogP contribution in [0.3, 0.4) is 0 Å². The third-order valence-corrected chi connectivity index (χ3v) is 3.19. The van der Waals surface area contributed by atoms with E-state index in [4.69, 9.17) is 4.74 Å². The minimum atomic E-state index is 0.771. The zero-order valence-electron chi connectivity index (χ0n) is 9.21. The second-order valence-electron chi connectivity index (χ2n) is 3.87. The molecule has 1 aromatic carbocycles. The van der Waals surface area contributed by atoms with Gasteiger partial charge in [0.15, 0.2) is 0 Å². The Morgan fingerprint density at radius 2 is 2.06 bits per heavy atom. The summed E-state index contributed by atoms with van der Waals surface area (Å²) in [6, 6.07) is 7.97. The molecule has 0 amide bonds. The van der Waals surface area contributed by atoms with Gasteiger partial charge in [-0.15, -0.1) is 0 Å². The molecule has 1 aliphatic heterocycles. The number of hydrogen-bond acceptors (Lipinski definition) is 2. The Kier molecular flexibility index (Phi) is 4.43. The van der Waals surface area contributed by atoms with Gasteiger partial charge in [0.2, 0.25) is 0 Å². The van der Waals surface area contributed by atoms with Gasteiger partial charge in [-0.25, -0.2) is 0 Å². The van der Waals surface area contributed by atoms with E-state index >= 15 is 0 Å². The molecule has 0 spiro atoms. The molecule has 0 radical (unpaired) electrons. The first kappa shape index (κ1) is 11.7. The molecule has 86 valence electrons. The Labute approximate surface area is 105 Å². The van der Waals surface area contributed by atoms with E-state index < -0.39 is 0 Å². The van der Waals surface area contributed by atoms with Crippen molar-refractivity contribution in [3.05, 3.63) is 40.4 Å². The summed E-state index contributed by atoms with van der Waals surface area (Å²) in [6.45, 7) is 2.88. The molecule has 0 fully saturated rings. The smallest absolute Gasteiger partial charge is 0.119 e. The van der Waals surface area contributed by atoms with Crippen LogP contribution in [0.2, 0.25) is 0 Å². The van der Waals surface area contributed by atoms with Crippen molar-refractivity contribution in [1.82, 2.24) is 5.32 Å². The average molecular weight is 282 g/mol. The van der Waals surface area contributed by atoms with Crippen molar-refractivity contribution in [3.8, 4) is 5.75 Å². The van der Waals surface area contributed by atoms with Gasteiger partial charge in [-0.05, 0) is 37.2 Å². The molecule has 0 aliphatic carbocycles. The zero-order chi connectivity index (χ0) is 11.2. The molecule has 1 aromatic rings. The van der Waals surface area contributed by atoms with Gasteiger partial charge in [-0.3, -0.25) is 0 Å². The molecule has 2 nitrogen and oxygen atoms in total. The summed E-state index contributed by atoms with van der Waals surface area (Å²) in [5, 5.41) is 3.31. The maximum atomic E-state index is 5.68. The molecule has 0 bridgehead atoms. The van der Waals surface area contributed by atoms with Crippen molar-refractivity contribution in [1.29, 1.82) is 0 Å². The van der Waals surface area contributed by atoms with Gasteiger partial charge in [-0.2, -0.15) is 0 Å². The first-order chi connectivity index (χ1) is 7.84. The maximum Gasteiger partial charge on any atom is 0.119 e. The third kappa shape index (κ3) is 3.65. The van der Waals surface area contributed by atoms with E-state index in [2.05, 4.69) is 27.3 Å². The molecule has 0 unspecified atom stereocenters. The van der Waals surface area contributed by atoms with Crippen LogP contribution in [-0.2, 0) is 0 Å². The second-order valence-corrected chi connectivity index (χ2v) is 4.78. The Morgan fingerprint density at radius 1 is 1.25 bits per heavy atom. The van der Waals surface area contributed by atoms with E-state index in [1.165, 1.54) is 5.57 Å². The van der Waals surface area contributed by atoms with Crippen LogP contribution in [0.4, 0.5) is 0 Å². The number of ether oxygens (including phenoxy) is 1. The Bertz CT molecular complexity index is 359. The normalized spacial score (nSPS) is 15.7. The third-order valence-electron chi connectivity index (χ3n) is 2.66. The molecule has 1 heterocycles. The van der Waals surface area contributed by atoms with Crippen LogP contribution in [0.25, 0.3) is 0 Å². The summed E-state index contributed by atoms with van der Waals surface area (Å²) in [4.78, 5) is 0. The number of hydrogen-bond donors (Lipinski definition) is 1. The lowest BCUT2D eigenvalue weighted by Crippen LogP contribution is -2.21. The molecular weight excluding hydrogens is 266 g/mol. The summed E-state index contributed by atoms with van der Waals surface area (Å²) in [5.41, 5.74) is 1.51. The van der Waals surface area contributed by atoms with Crippen molar-refractivity contribution in [2.24, 2.45) is 0 Å². The largest absolute Gasteiger partial charge is 0.493 e. The SMILES string of the molecule is Brc1ccc(OCCC2=CCNCC2)cc1. The van der Waals surface area contributed by atoms with Gasteiger partial charge in [0.05, 0.1) is 6.61 Å². The van der Waals surface area contributed by atoms with E-state index in [0.717, 1.165) is 42.8 Å². The van der Waals surface area contributed by atoms with Gasteiger partial charge >= 0.3 is 0 Å². The summed E-state index contributed by atoms with van der Waals surface area (Å²) in [6.07, 6.45) is 4.47. The predicted octanol–water partition coefficient (Wildman–Crippen LogP) is 3.14. The highest BCUT2D eigenvalue weighted by Gasteiger charge is 2.02. The molecule has 3 heteroatoms. The molecule has 1 N–H and O–H groups in total. The summed E-state index contributed by atoms with van der Waals surface area (Å²) >= 11 is 3.40. The van der Waals surface area contributed by atoms with E-state index in [-0.39, 0.29) is 0 Å². The summed E-state index contributed by atoms with van der Waals surface area (Å²) in [5.74, 6) is 0.942. The molecule has 0 aromatic heterocycles. The van der Waals surface area contributed by atoms with Crippen LogP contribution in [0.15, 0.2) is 40.4 Å². The zero-order valence-corrected chi connectivity index (χ0v) is 10.8. The molecule has 0 saturated carbocycles. The first-order valence-corrected chi connectivity index (χ1v) is 6.41. The molecular formula is C13H16BrNO. The van der Waals surface area contributed by atoms with Gasteiger partial charge in [0.25, 0.3) is 0 Å². The molecule has 1 aliphatic rings. The van der Waals surface area contributed by atoms with Crippen LogP contribution in [0.1, 0.15) is 12.8 Å². The minimum absolute atomic E-state index is 0.771. The van der Waals surface area contributed by atoms with E-state index in [1.54, 1.807) is 0 Å². The second kappa shape index (κ2) is 6.06. The topological polar surface area (TPSA) is 21.3 Å². The van der Waals surface area contributed by atoms with E-state index in [0.29, 0.717) is 0 Å². The number of benzene rings is 1. The molecule has 2 rings (SSSR count). The van der Waals surface area contributed by atoms with E-state index in [1.807, 2.05) is 24.3 Å². The highest BCUT2D eigenvalue weighted by Crippen LogP contribution is 2.17. The number of rotatable bonds is 4. The fraction of sp³-hybridized carbons (Fsp3) is 0.385. The molecule has 0 saturated heterocycles. The fourth-order valence-electron chi connectivity index (χ4n) is 1.73. The number of nitrogens with one attached hydrogen (secondary N) is 1. The minimum Gasteiger partial charge on any atom is -0.493 e. The Balaban J connectivity index is 1.75. The summed E-state index contributed by atoms with van der Waals surface area (Å²) < 4.78 is 6.77. The Hall–Kier alpha value is -0.800. The fourth-order valence-corrected chi connectivity index (χ4v) is 1.99. The lowest BCUT2D eigenvalue weighted by Gasteiger charge is -2.14. The van der Waals surface area contributed by atoms with Gasteiger partial charge < -0.3 is 10.1 Å². The molecule has 0 atom stereocenters. The van der Waals surface area contributed by atoms with Gasteiger partial charge in [-0.1, -0.05) is 27.6 Å². The van der Waals surface area contributed by atoms with Gasteiger partial charge in [0, 0.05) is 17.4 Å². The quantitative estimate of drug-likeness (QED) is 0.857.